The summed E-state index contributed by atoms with van der Waals surface area (Å²) in [5.74, 6) is 1.46. The number of rotatable bonds is 7. The first kappa shape index (κ1) is 25.6. The van der Waals surface area contributed by atoms with E-state index in [-0.39, 0.29) is 5.91 Å². The summed E-state index contributed by atoms with van der Waals surface area (Å²) in [4.78, 5) is 21.2. The first-order chi connectivity index (χ1) is 18.4. The molecule has 4 aromatic rings. The Labute approximate surface area is 228 Å². The average Bonchev–Trinajstić information content (AvgIpc) is 3.04. The van der Waals surface area contributed by atoms with Crippen molar-refractivity contribution in [2.24, 2.45) is 4.99 Å². The number of benzodiazepines with no additional fused rings is 1. The maximum Gasteiger partial charge on any atom is 0.252 e. The lowest BCUT2D eigenvalue weighted by Gasteiger charge is -2.26. The van der Waals surface area contributed by atoms with Crippen molar-refractivity contribution < 1.29 is 14.3 Å². The number of methoxy groups -OCH3 is 2. The minimum atomic E-state index is -0.613. The Kier molecular flexibility index (Phi) is 7.47. The lowest BCUT2D eigenvalue weighted by Crippen LogP contribution is -2.38. The van der Waals surface area contributed by atoms with Gasteiger partial charge in [0, 0.05) is 22.6 Å². The van der Waals surface area contributed by atoms with Crippen LogP contribution in [0.15, 0.2) is 96.0 Å². The molecule has 0 N–H and O–H groups in total. The van der Waals surface area contributed by atoms with Crippen LogP contribution in [-0.2, 0) is 17.8 Å². The maximum absolute atomic E-state index is 14.2. The molecule has 5 nitrogen and oxygen atoms in total. The number of halogens is 1. The van der Waals surface area contributed by atoms with Gasteiger partial charge in [0.25, 0.3) is 5.91 Å². The molecule has 192 valence electrons. The standard InChI is InChI=1S/C32H29ClN2O3/c1-21-5-4-6-23(17-21)18-29-32(36)35(20-22-7-12-26(37-2)13-8-22)30-16-11-25(33)19-28(30)31(34-29)24-9-14-27(38-3)15-10-24/h4-17,19,29H,18,20H2,1-3H3. The van der Waals surface area contributed by atoms with E-state index < -0.39 is 6.04 Å². The monoisotopic (exact) mass is 524 g/mol. The van der Waals surface area contributed by atoms with E-state index >= 15 is 0 Å². The summed E-state index contributed by atoms with van der Waals surface area (Å²) in [6.45, 7) is 2.45. The van der Waals surface area contributed by atoms with Crippen LogP contribution in [0.3, 0.4) is 0 Å². The molecule has 0 fully saturated rings. The van der Waals surface area contributed by atoms with Gasteiger partial charge in [-0.15, -0.1) is 0 Å². The van der Waals surface area contributed by atoms with Crippen molar-refractivity contribution in [1.82, 2.24) is 0 Å². The predicted octanol–water partition coefficient (Wildman–Crippen LogP) is 6.66. The van der Waals surface area contributed by atoms with Gasteiger partial charge in [-0.2, -0.15) is 0 Å². The average molecular weight is 525 g/mol. The van der Waals surface area contributed by atoms with Gasteiger partial charge >= 0.3 is 0 Å². The molecule has 0 aromatic heterocycles. The van der Waals surface area contributed by atoms with Crippen LogP contribution in [-0.4, -0.2) is 31.9 Å². The fraction of sp³-hybridized carbons (Fsp3) is 0.188. The second-order valence-electron chi connectivity index (χ2n) is 9.35. The normalized spacial score (nSPS) is 14.9. The summed E-state index contributed by atoms with van der Waals surface area (Å²) >= 11 is 6.50. The van der Waals surface area contributed by atoms with Gasteiger partial charge in [-0.1, -0.05) is 53.6 Å². The van der Waals surface area contributed by atoms with Gasteiger partial charge in [0.1, 0.15) is 17.5 Å². The Morgan fingerprint density at radius 1 is 0.842 bits per heavy atom. The number of nitrogens with zero attached hydrogens (tertiary/aromatic N) is 2. The van der Waals surface area contributed by atoms with E-state index in [0.29, 0.717) is 18.0 Å². The van der Waals surface area contributed by atoms with Crippen LogP contribution in [0.25, 0.3) is 0 Å². The molecular formula is C32H29ClN2O3. The summed E-state index contributed by atoms with van der Waals surface area (Å²) in [6, 6.07) is 28.8. The Hall–Kier alpha value is -4.09. The lowest BCUT2D eigenvalue weighted by atomic mass is 9.99. The van der Waals surface area contributed by atoms with E-state index in [1.54, 1.807) is 14.2 Å². The van der Waals surface area contributed by atoms with E-state index in [0.717, 1.165) is 50.7 Å². The number of hydrogen-bond donors (Lipinski definition) is 0. The van der Waals surface area contributed by atoms with Crippen molar-refractivity contribution in [1.29, 1.82) is 0 Å². The largest absolute Gasteiger partial charge is 0.497 e. The number of fused-ring (bicyclic) bond motifs is 1. The van der Waals surface area contributed by atoms with Crippen LogP contribution >= 0.6 is 11.6 Å². The molecule has 0 saturated carbocycles. The third kappa shape index (κ3) is 5.43. The van der Waals surface area contributed by atoms with Gasteiger partial charge < -0.3 is 14.4 Å². The zero-order valence-corrected chi connectivity index (χ0v) is 22.4. The third-order valence-corrected chi connectivity index (χ3v) is 6.95. The molecule has 38 heavy (non-hydrogen) atoms. The Morgan fingerprint density at radius 2 is 1.53 bits per heavy atom. The Morgan fingerprint density at radius 3 is 2.18 bits per heavy atom. The SMILES string of the molecule is COc1ccc(CN2C(=O)C(Cc3cccc(C)c3)N=C(c3ccc(OC)cc3)c3cc(Cl)ccc32)cc1. The summed E-state index contributed by atoms with van der Waals surface area (Å²) < 4.78 is 10.7. The molecule has 1 aliphatic rings. The molecule has 1 unspecified atom stereocenters. The molecule has 1 atom stereocenters. The van der Waals surface area contributed by atoms with Gasteiger partial charge in [-0.05, 0) is 72.6 Å². The number of benzene rings is 4. The van der Waals surface area contributed by atoms with E-state index in [9.17, 15) is 4.79 Å². The molecule has 5 rings (SSSR count). The molecule has 1 amide bonds. The number of anilines is 1. The van der Waals surface area contributed by atoms with Crippen LogP contribution in [0, 0.1) is 6.92 Å². The Bertz CT molecular complexity index is 1480. The number of aryl methyl sites for hydroxylation is 1. The van der Waals surface area contributed by atoms with E-state index in [2.05, 4.69) is 19.1 Å². The number of amides is 1. The van der Waals surface area contributed by atoms with Gasteiger partial charge in [0.05, 0.1) is 32.2 Å². The van der Waals surface area contributed by atoms with Crippen molar-refractivity contribution in [2.75, 3.05) is 19.1 Å². The Balaban J connectivity index is 1.64. The summed E-state index contributed by atoms with van der Waals surface area (Å²) in [7, 11) is 3.28. The van der Waals surface area contributed by atoms with E-state index in [1.165, 1.54) is 0 Å². The number of carbonyl (C=O) groups is 1. The van der Waals surface area contributed by atoms with E-state index in [4.69, 9.17) is 26.1 Å². The molecule has 0 saturated heterocycles. The van der Waals surface area contributed by atoms with Crippen molar-refractivity contribution in [3.8, 4) is 11.5 Å². The highest BCUT2D eigenvalue weighted by Crippen LogP contribution is 2.33. The first-order valence-electron chi connectivity index (χ1n) is 12.5. The molecule has 0 aliphatic carbocycles. The molecule has 0 spiro atoms. The topological polar surface area (TPSA) is 51.1 Å². The van der Waals surface area contributed by atoms with Crippen LogP contribution in [0.2, 0.25) is 5.02 Å². The highest BCUT2D eigenvalue weighted by Gasteiger charge is 2.32. The van der Waals surface area contributed by atoms with Crippen molar-refractivity contribution in [2.45, 2.75) is 25.9 Å². The molecule has 4 aromatic carbocycles. The van der Waals surface area contributed by atoms with Crippen LogP contribution in [0.4, 0.5) is 5.69 Å². The second kappa shape index (κ2) is 11.1. The number of aliphatic imine (C=N–C) groups is 1. The minimum absolute atomic E-state index is 0.0607. The molecule has 6 heteroatoms. The molecular weight excluding hydrogens is 496 g/mol. The smallest absolute Gasteiger partial charge is 0.252 e. The molecule has 0 bridgehead atoms. The summed E-state index contributed by atoms with van der Waals surface area (Å²) in [6.07, 6.45) is 0.487. The van der Waals surface area contributed by atoms with Crippen molar-refractivity contribution in [3.05, 3.63) is 124 Å². The zero-order valence-electron chi connectivity index (χ0n) is 21.6. The highest BCUT2D eigenvalue weighted by atomic mass is 35.5. The molecule has 0 radical (unpaired) electrons. The highest BCUT2D eigenvalue weighted by molar-refractivity contribution is 6.32. The van der Waals surface area contributed by atoms with Crippen molar-refractivity contribution >= 4 is 28.9 Å². The van der Waals surface area contributed by atoms with Crippen LogP contribution < -0.4 is 14.4 Å². The fourth-order valence-corrected chi connectivity index (χ4v) is 4.94. The minimum Gasteiger partial charge on any atom is -0.497 e. The van der Waals surface area contributed by atoms with Gasteiger partial charge in [-0.25, -0.2) is 0 Å². The van der Waals surface area contributed by atoms with Gasteiger partial charge in [-0.3, -0.25) is 9.79 Å². The quantitative estimate of drug-likeness (QED) is 0.271. The molecule has 1 aliphatic heterocycles. The number of carbonyl (C=O) groups excluding carboxylic acids is 1. The first-order valence-corrected chi connectivity index (χ1v) is 12.8. The van der Waals surface area contributed by atoms with Gasteiger partial charge in [0.2, 0.25) is 0 Å². The maximum atomic E-state index is 14.2. The molecule has 1 heterocycles. The van der Waals surface area contributed by atoms with Gasteiger partial charge in [0.15, 0.2) is 0 Å². The van der Waals surface area contributed by atoms with E-state index in [1.807, 2.05) is 83.8 Å². The zero-order chi connectivity index (χ0) is 26.6. The summed E-state index contributed by atoms with van der Waals surface area (Å²) in [5.41, 5.74) is 6.41. The number of ether oxygens (including phenoxy) is 2. The fourth-order valence-electron chi connectivity index (χ4n) is 4.76. The van der Waals surface area contributed by atoms with Crippen LogP contribution in [0.1, 0.15) is 27.8 Å². The van der Waals surface area contributed by atoms with Crippen LogP contribution in [0.5, 0.6) is 11.5 Å². The second-order valence-corrected chi connectivity index (χ2v) is 9.79. The third-order valence-electron chi connectivity index (χ3n) is 6.72. The lowest BCUT2D eigenvalue weighted by molar-refractivity contribution is -0.119. The predicted molar refractivity (Wildman–Crippen MR) is 153 cm³/mol. The summed E-state index contributed by atoms with van der Waals surface area (Å²) in [5, 5.41) is 0.582. The van der Waals surface area contributed by atoms with Crippen molar-refractivity contribution in [3.63, 3.8) is 0 Å². The number of hydrogen-bond acceptors (Lipinski definition) is 4.